The van der Waals surface area contributed by atoms with Crippen LogP contribution in [0.2, 0.25) is 0 Å². The number of ether oxygens (including phenoxy) is 3. The Hall–Kier alpha value is -3.16. The highest BCUT2D eigenvalue weighted by molar-refractivity contribution is 6.05. The number of H-pyrrole nitrogens is 1. The van der Waals surface area contributed by atoms with E-state index in [9.17, 15) is 9.59 Å². The number of pyridine rings is 1. The van der Waals surface area contributed by atoms with Crippen LogP contribution < -0.4 is 14.9 Å². The number of nitrogens with one attached hydrogen (secondary N) is 1. The van der Waals surface area contributed by atoms with Gasteiger partial charge in [0.15, 0.2) is 0 Å². The number of nitrogens with zero attached hydrogens (tertiary/aromatic N) is 2. The molecular formula is C16H13N3O5. The molecule has 4 rings (SSSR count). The monoisotopic (exact) mass is 327 g/mol. The zero-order valence-corrected chi connectivity index (χ0v) is 12.8. The fraction of sp³-hybridized carbons (Fsp3) is 0.250. The zero-order valence-electron chi connectivity index (χ0n) is 12.8. The van der Waals surface area contributed by atoms with Crippen LogP contribution in [-0.2, 0) is 4.74 Å². The molecule has 0 bridgehead atoms. The van der Waals surface area contributed by atoms with Crippen LogP contribution in [0.25, 0.3) is 21.9 Å². The van der Waals surface area contributed by atoms with Crippen LogP contribution in [0.1, 0.15) is 17.3 Å². The average molecular weight is 327 g/mol. The van der Waals surface area contributed by atoms with Gasteiger partial charge in [-0.25, -0.2) is 14.8 Å². The molecule has 0 unspecified atom stereocenters. The molecule has 0 saturated carbocycles. The fourth-order valence-electron chi connectivity index (χ4n) is 2.62. The maximum atomic E-state index is 12.8. The maximum absolute atomic E-state index is 12.8. The van der Waals surface area contributed by atoms with E-state index in [-0.39, 0.29) is 23.4 Å². The van der Waals surface area contributed by atoms with E-state index in [1.54, 1.807) is 19.1 Å². The molecule has 0 amide bonds. The summed E-state index contributed by atoms with van der Waals surface area (Å²) in [6, 6.07) is 3.43. The van der Waals surface area contributed by atoms with Crippen molar-refractivity contribution in [3.05, 3.63) is 34.1 Å². The first-order valence-corrected chi connectivity index (χ1v) is 7.48. The molecule has 0 radical (unpaired) electrons. The topological polar surface area (TPSA) is 103 Å². The summed E-state index contributed by atoms with van der Waals surface area (Å²) >= 11 is 0. The molecule has 8 nitrogen and oxygen atoms in total. The van der Waals surface area contributed by atoms with Gasteiger partial charge >= 0.3 is 5.97 Å². The van der Waals surface area contributed by atoms with Gasteiger partial charge in [-0.2, -0.15) is 0 Å². The van der Waals surface area contributed by atoms with Crippen LogP contribution in [0.3, 0.4) is 0 Å². The van der Waals surface area contributed by atoms with Gasteiger partial charge in [0.1, 0.15) is 24.3 Å². The number of hydrogen-bond donors (Lipinski definition) is 1. The molecule has 0 spiro atoms. The second-order valence-corrected chi connectivity index (χ2v) is 5.14. The molecule has 1 aromatic carbocycles. The largest absolute Gasteiger partial charge is 0.470 e. The molecule has 1 aliphatic heterocycles. The third kappa shape index (κ3) is 2.15. The van der Waals surface area contributed by atoms with E-state index in [1.165, 1.54) is 6.20 Å². The van der Waals surface area contributed by atoms with E-state index in [4.69, 9.17) is 14.2 Å². The highest BCUT2D eigenvalue weighted by atomic mass is 16.6. The number of benzene rings is 1. The van der Waals surface area contributed by atoms with Crippen LogP contribution in [0.15, 0.2) is 23.1 Å². The zero-order chi connectivity index (χ0) is 16.7. The number of carbonyl (C=O) groups excluding carboxylic acids is 1. The Labute approximate surface area is 135 Å². The van der Waals surface area contributed by atoms with E-state index < -0.39 is 11.4 Å². The number of hydrogen-bond acceptors (Lipinski definition) is 7. The van der Waals surface area contributed by atoms with Crippen molar-refractivity contribution in [1.82, 2.24) is 15.0 Å². The molecule has 0 fully saturated rings. The van der Waals surface area contributed by atoms with Crippen molar-refractivity contribution in [2.24, 2.45) is 0 Å². The van der Waals surface area contributed by atoms with Crippen LogP contribution in [0, 0.1) is 0 Å². The average Bonchev–Trinajstić information content (AvgIpc) is 2.60. The maximum Gasteiger partial charge on any atom is 0.343 e. The van der Waals surface area contributed by atoms with Gasteiger partial charge < -0.3 is 19.2 Å². The molecule has 0 saturated heterocycles. The Balaban J connectivity index is 2.03. The molecular weight excluding hydrogens is 314 g/mol. The van der Waals surface area contributed by atoms with E-state index in [0.29, 0.717) is 35.6 Å². The number of carbonyl (C=O) groups is 1. The Bertz CT molecular complexity index is 1030. The van der Waals surface area contributed by atoms with Gasteiger partial charge in [-0.3, -0.25) is 4.79 Å². The third-order valence-corrected chi connectivity index (χ3v) is 3.67. The first-order valence-electron chi connectivity index (χ1n) is 7.48. The quantitative estimate of drug-likeness (QED) is 0.561. The number of esters is 1. The Morgan fingerprint density at radius 3 is 2.75 bits per heavy atom. The van der Waals surface area contributed by atoms with Gasteiger partial charge in [0.2, 0.25) is 5.43 Å². The summed E-state index contributed by atoms with van der Waals surface area (Å²) < 4.78 is 15.8. The third-order valence-electron chi connectivity index (χ3n) is 3.67. The summed E-state index contributed by atoms with van der Waals surface area (Å²) in [5.74, 6) is -0.142. The molecule has 3 aromatic rings. The van der Waals surface area contributed by atoms with Crippen molar-refractivity contribution in [2.45, 2.75) is 6.92 Å². The second-order valence-electron chi connectivity index (χ2n) is 5.14. The van der Waals surface area contributed by atoms with Gasteiger partial charge in [-0.15, -0.1) is 0 Å². The highest BCUT2D eigenvalue weighted by Gasteiger charge is 2.20. The Kier molecular flexibility index (Phi) is 3.30. The molecule has 24 heavy (non-hydrogen) atoms. The first-order chi connectivity index (χ1) is 11.7. The highest BCUT2D eigenvalue weighted by Crippen LogP contribution is 2.30. The number of rotatable bonds is 2. The SMILES string of the molecule is CCOC(=O)c1c[nH]c2ccc3nc4c(nc3c2c1=O)OCCO4. The van der Waals surface area contributed by atoms with E-state index in [1.807, 2.05) is 0 Å². The van der Waals surface area contributed by atoms with E-state index >= 15 is 0 Å². The Morgan fingerprint density at radius 1 is 1.25 bits per heavy atom. The molecule has 1 N–H and O–H groups in total. The van der Waals surface area contributed by atoms with Gasteiger partial charge in [0.25, 0.3) is 11.8 Å². The molecule has 2 aromatic heterocycles. The molecule has 0 aliphatic carbocycles. The Morgan fingerprint density at radius 2 is 2.00 bits per heavy atom. The standard InChI is InChI=1S/C16H13N3O5/c1-2-22-16(21)8-7-17-9-3-4-10-12(11(9)13(8)20)19-15-14(18-10)23-5-6-24-15/h3-4,7H,2,5-6H2,1H3,(H,17,20). The molecule has 3 heterocycles. The smallest absolute Gasteiger partial charge is 0.343 e. The number of aromatic amines is 1. The second kappa shape index (κ2) is 5.48. The minimum Gasteiger partial charge on any atom is -0.470 e. The normalized spacial score (nSPS) is 13.2. The van der Waals surface area contributed by atoms with Gasteiger partial charge in [-0.05, 0) is 19.1 Å². The minimum atomic E-state index is -0.678. The van der Waals surface area contributed by atoms with Crippen molar-refractivity contribution < 1.29 is 19.0 Å². The predicted molar refractivity (Wildman–Crippen MR) is 84.6 cm³/mol. The lowest BCUT2D eigenvalue weighted by atomic mass is 10.1. The van der Waals surface area contributed by atoms with Crippen LogP contribution in [0.4, 0.5) is 0 Å². The summed E-state index contributed by atoms with van der Waals surface area (Å²) in [5, 5.41) is 0.266. The summed E-state index contributed by atoms with van der Waals surface area (Å²) in [5.41, 5.74) is 0.848. The fourth-order valence-corrected chi connectivity index (χ4v) is 2.62. The van der Waals surface area contributed by atoms with E-state index in [2.05, 4.69) is 15.0 Å². The predicted octanol–water partition coefficient (Wildman–Crippen LogP) is 1.42. The number of fused-ring (bicyclic) bond motifs is 4. The molecule has 8 heteroatoms. The summed E-state index contributed by atoms with van der Waals surface area (Å²) in [6.45, 7) is 2.62. The van der Waals surface area contributed by atoms with Crippen molar-refractivity contribution >= 4 is 27.9 Å². The van der Waals surface area contributed by atoms with E-state index in [0.717, 1.165) is 0 Å². The number of aromatic nitrogens is 3. The van der Waals surface area contributed by atoms with Gasteiger partial charge in [-0.1, -0.05) is 0 Å². The van der Waals surface area contributed by atoms with Crippen molar-refractivity contribution in [3.8, 4) is 11.8 Å². The molecule has 1 aliphatic rings. The lowest BCUT2D eigenvalue weighted by molar-refractivity contribution is 0.0524. The lowest BCUT2D eigenvalue weighted by Crippen LogP contribution is -2.20. The van der Waals surface area contributed by atoms with Crippen LogP contribution in [0.5, 0.6) is 11.8 Å². The van der Waals surface area contributed by atoms with Gasteiger partial charge in [0, 0.05) is 6.20 Å². The summed E-state index contributed by atoms with van der Waals surface area (Å²) in [4.78, 5) is 36.4. The summed E-state index contributed by atoms with van der Waals surface area (Å²) in [6.07, 6.45) is 1.35. The van der Waals surface area contributed by atoms with Crippen molar-refractivity contribution in [3.63, 3.8) is 0 Å². The molecule has 0 atom stereocenters. The first kappa shape index (κ1) is 14.4. The summed E-state index contributed by atoms with van der Waals surface area (Å²) in [7, 11) is 0. The molecule has 122 valence electrons. The lowest BCUT2D eigenvalue weighted by Gasteiger charge is -2.16. The van der Waals surface area contributed by atoms with Crippen LogP contribution >= 0.6 is 0 Å². The van der Waals surface area contributed by atoms with Crippen LogP contribution in [-0.4, -0.2) is 40.7 Å². The van der Waals surface area contributed by atoms with Gasteiger partial charge in [0.05, 0.1) is 23.0 Å². The van der Waals surface area contributed by atoms with Crippen molar-refractivity contribution in [2.75, 3.05) is 19.8 Å². The van der Waals surface area contributed by atoms with Crippen molar-refractivity contribution in [1.29, 1.82) is 0 Å². The minimum absolute atomic E-state index is 0.0754.